The molecule has 0 amide bonds. The lowest BCUT2D eigenvalue weighted by Gasteiger charge is -2.25. The summed E-state index contributed by atoms with van der Waals surface area (Å²) < 4.78 is 5.63. The molecule has 3 nitrogen and oxygen atoms in total. The third-order valence-electron chi connectivity index (χ3n) is 3.55. The Balaban J connectivity index is 1.86. The number of fused-ring (bicyclic) bond motifs is 1. The van der Waals surface area contributed by atoms with Crippen molar-refractivity contribution in [2.75, 3.05) is 26.2 Å². The molecule has 0 aromatic rings. The molecule has 0 spiro atoms. The zero-order chi connectivity index (χ0) is 9.97. The van der Waals surface area contributed by atoms with Gasteiger partial charge in [-0.1, -0.05) is 0 Å². The molecule has 82 valence electrons. The first-order valence-corrected chi connectivity index (χ1v) is 5.90. The van der Waals surface area contributed by atoms with Gasteiger partial charge in [0.1, 0.15) is 6.23 Å². The largest absolute Gasteiger partial charge is 0.364 e. The highest BCUT2D eigenvalue weighted by Gasteiger charge is 2.35. The van der Waals surface area contributed by atoms with Gasteiger partial charge >= 0.3 is 0 Å². The Morgan fingerprint density at radius 2 is 2.36 bits per heavy atom. The van der Waals surface area contributed by atoms with E-state index in [1.807, 2.05) is 0 Å². The summed E-state index contributed by atoms with van der Waals surface area (Å²) in [4.78, 5) is 2.47. The molecule has 2 aliphatic rings. The summed E-state index contributed by atoms with van der Waals surface area (Å²) in [5.74, 6) is 0.867. The average Bonchev–Trinajstić information content (AvgIpc) is 2.61. The highest BCUT2D eigenvalue weighted by Crippen LogP contribution is 2.26. The summed E-state index contributed by atoms with van der Waals surface area (Å²) in [6.07, 6.45) is 3.04. The second kappa shape index (κ2) is 4.60. The third kappa shape index (κ3) is 2.10. The molecule has 0 bridgehead atoms. The van der Waals surface area contributed by atoms with E-state index in [-0.39, 0.29) is 0 Å². The molecular formula is C11H22N2O. The quantitative estimate of drug-likeness (QED) is 0.733. The molecule has 2 saturated heterocycles. The van der Waals surface area contributed by atoms with Crippen molar-refractivity contribution in [3.63, 3.8) is 0 Å². The molecule has 1 N–H and O–H groups in total. The third-order valence-corrected chi connectivity index (χ3v) is 3.55. The molecule has 0 radical (unpaired) electrons. The van der Waals surface area contributed by atoms with E-state index in [2.05, 4.69) is 24.1 Å². The zero-order valence-corrected chi connectivity index (χ0v) is 9.33. The SMILES string of the molecule is CCOC(C)N1CC2CCCNC2C1. The summed E-state index contributed by atoms with van der Waals surface area (Å²) in [5.41, 5.74) is 0. The molecular weight excluding hydrogens is 176 g/mol. The van der Waals surface area contributed by atoms with Gasteiger partial charge in [-0.15, -0.1) is 0 Å². The van der Waals surface area contributed by atoms with Crippen LogP contribution in [-0.2, 0) is 4.74 Å². The first-order chi connectivity index (χ1) is 6.81. The average molecular weight is 198 g/mol. The van der Waals surface area contributed by atoms with E-state index in [1.165, 1.54) is 32.5 Å². The topological polar surface area (TPSA) is 24.5 Å². The van der Waals surface area contributed by atoms with Gasteiger partial charge < -0.3 is 10.1 Å². The molecule has 3 atom stereocenters. The first kappa shape index (κ1) is 10.4. The highest BCUT2D eigenvalue weighted by molar-refractivity contribution is 4.92. The van der Waals surface area contributed by atoms with Crippen LogP contribution in [0, 0.1) is 5.92 Å². The zero-order valence-electron chi connectivity index (χ0n) is 9.33. The van der Waals surface area contributed by atoms with Gasteiger partial charge in [-0.3, -0.25) is 4.90 Å². The van der Waals surface area contributed by atoms with Gasteiger partial charge in [0, 0.05) is 25.7 Å². The van der Waals surface area contributed by atoms with E-state index in [0.717, 1.165) is 18.6 Å². The fourth-order valence-electron chi connectivity index (χ4n) is 2.72. The van der Waals surface area contributed by atoms with E-state index in [4.69, 9.17) is 4.74 Å². The number of rotatable bonds is 3. The van der Waals surface area contributed by atoms with Crippen molar-refractivity contribution in [3.8, 4) is 0 Å². The fraction of sp³-hybridized carbons (Fsp3) is 1.00. The van der Waals surface area contributed by atoms with Gasteiger partial charge in [0.2, 0.25) is 0 Å². The van der Waals surface area contributed by atoms with E-state index in [9.17, 15) is 0 Å². The first-order valence-electron chi connectivity index (χ1n) is 5.90. The van der Waals surface area contributed by atoms with Gasteiger partial charge in [-0.2, -0.15) is 0 Å². The second-order valence-electron chi connectivity index (χ2n) is 4.47. The van der Waals surface area contributed by atoms with Gasteiger partial charge in [0.25, 0.3) is 0 Å². The summed E-state index contributed by atoms with van der Waals surface area (Å²) in [6.45, 7) is 8.65. The minimum absolute atomic E-state index is 0.299. The lowest BCUT2D eigenvalue weighted by molar-refractivity contribution is -0.0324. The van der Waals surface area contributed by atoms with Crippen LogP contribution in [0.1, 0.15) is 26.7 Å². The standard InChI is InChI=1S/C11H22N2O/c1-3-14-9(2)13-7-10-5-4-6-12-11(10)8-13/h9-12H,3-8H2,1-2H3. The smallest absolute Gasteiger partial charge is 0.107 e. The van der Waals surface area contributed by atoms with Crippen molar-refractivity contribution in [2.24, 2.45) is 5.92 Å². The number of piperidine rings is 1. The summed E-state index contributed by atoms with van der Waals surface area (Å²) >= 11 is 0. The van der Waals surface area contributed by atoms with Crippen LogP contribution in [0.2, 0.25) is 0 Å². The Morgan fingerprint density at radius 3 is 3.07 bits per heavy atom. The molecule has 3 unspecified atom stereocenters. The van der Waals surface area contributed by atoms with Crippen molar-refractivity contribution in [2.45, 2.75) is 39.0 Å². The Kier molecular flexibility index (Phi) is 3.42. The second-order valence-corrected chi connectivity index (χ2v) is 4.47. The number of nitrogens with zero attached hydrogens (tertiary/aromatic N) is 1. The normalized spacial score (nSPS) is 35.6. The summed E-state index contributed by atoms with van der Waals surface area (Å²) in [7, 11) is 0. The van der Waals surface area contributed by atoms with E-state index >= 15 is 0 Å². The molecule has 0 aromatic heterocycles. The summed E-state index contributed by atoms with van der Waals surface area (Å²) in [6, 6.07) is 0.728. The van der Waals surface area contributed by atoms with Crippen LogP contribution in [0.5, 0.6) is 0 Å². The van der Waals surface area contributed by atoms with Crippen LogP contribution in [-0.4, -0.2) is 43.4 Å². The maximum Gasteiger partial charge on any atom is 0.107 e. The monoisotopic (exact) mass is 198 g/mol. The van der Waals surface area contributed by atoms with Gasteiger partial charge in [0.05, 0.1) is 0 Å². The number of likely N-dealkylation sites (tertiary alicyclic amines) is 1. The Bertz CT molecular complexity index is 172. The van der Waals surface area contributed by atoms with Gasteiger partial charge in [-0.05, 0) is 39.2 Å². The van der Waals surface area contributed by atoms with Gasteiger partial charge in [0.15, 0.2) is 0 Å². The van der Waals surface area contributed by atoms with Crippen molar-refractivity contribution in [3.05, 3.63) is 0 Å². The molecule has 14 heavy (non-hydrogen) atoms. The number of ether oxygens (including phenoxy) is 1. The van der Waals surface area contributed by atoms with E-state index in [0.29, 0.717) is 6.23 Å². The van der Waals surface area contributed by atoms with Crippen molar-refractivity contribution >= 4 is 0 Å². The molecule has 2 heterocycles. The lowest BCUT2D eigenvalue weighted by atomic mass is 9.94. The van der Waals surface area contributed by atoms with Crippen LogP contribution >= 0.6 is 0 Å². The molecule has 0 aliphatic carbocycles. The van der Waals surface area contributed by atoms with Crippen LogP contribution in [0.15, 0.2) is 0 Å². The molecule has 2 rings (SSSR count). The maximum atomic E-state index is 5.63. The number of hydrogen-bond acceptors (Lipinski definition) is 3. The van der Waals surface area contributed by atoms with E-state index < -0.39 is 0 Å². The number of hydrogen-bond donors (Lipinski definition) is 1. The van der Waals surface area contributed by atoms with Crippen LogP contribution in [0.4, 0.5) is 0 Å². The van der Waals surface area contributed by atoms with Crippen molar-refractivity contribution < 1.29 is 4.74 Å². The summed E-state index contributed by atoms with van der Waals surface area (Å²) in [5, 5.41) is 3.61. The predicted molar refractivity (Wildman–Crippen MR) is 57.2 cm³/mol. The van der Waals surface area contributed by atoms with Crippen LogP contribution < -0.4 is 5.32 Å². The van der Waals surface area contributed by atoms with Crippen molar-refractivity contribution in [1.29, 1.82) is 0 Å². The van der Waals surface area contributed by atoms with E-state index in [1.54, 1.807) is 0 Å². The molecule has 0 saturated carbocycles. The van der Waals surface area contributed by atoms with Crippen molar-refractivity contribution in [1.82, 2.24) is 10.2 Å². The Morgan fingerprint density at radius 1 is 1.50 bits per heavy atom. The lowest BCUT2D eigenvalue weighted by Crippen LogP contribution is -2.41. The minimum Gasteiger partial charge on any atom is -0.364 e. The molecule has 2 aliphatic heterocycles. The van der Waals surface area contributed by atoms with Gasteiger partial charge in [-0.25, -0.2) is 0 Å². The molecule has 0 aromatic carbocycles. The molecule has 3 heteroatoms. The fourth-order valence-corrected chi connectivity index (χ4v) is 2.72. The maximum absolute atomic E-state index is 5.63. The number of nitrogens with one attached hydrogen (secondary N) is 1. The predicted octanol–water partition coefficient (Wildman–Crippen LogP) is 1.05. The minimum atomic E-state index is 0.299. The highest BCUT2D eigenvalue weighted by atomic mass is 16.5. The van der Waals surface area contributed by atoms with Crippen LogP contribution in [0.3, 0.4) is 0 Å². The Labute approximate surface area is 86.8 Å². The Hall–Kier alpha value is -0.120. The van der Waals surface area contributed by atoms with Crippen LogP contribution in [0.25, 0.3) is 0 Å². The molecule has 2 fully saturated rings.